The zero-order valence-electron chi connectivity index (χ0n) is 16.2. The highest BCUT2D eigenvalue weighted by Gasteiger charge is 2.28. The van der Waals surface area contributed by atoms with Crippen LogP contribution in [0.3, 0.4) is 0 Å². The molecule has 1 aliphatic rings. The third-order valence-corrected chi connectivity index (χ3v) is 4.97. The van der Waals surface area contributed by atoms with Gasteiger partial charge in [0.1, 0.15) is 11.6 Å². The smallest absolute Gasteiger partial charge is 0.422 e. The Morgan fingerprint density at radius 2 is 1.58 bits per heavy atom. The predicted molar refractivity (Wildman–Crippen MR) is 106 cm³/mol. The number of rotatable bonds is 5. The molecule has 0 N–H and O–H groups in total. The topological polar surface area (TPSA) is 34.5 Å². The maximum absolute atomic E-state index is 14.0. The number of aromatic nitrogens is 1. The van der Waals surface area contributed by atoms with Gasteiger partial charge in [-0.25, -0.2) is 13.8 Å². The fourth-order valence-corrected chi connectivity index (χ4v) is 3.48. The molecule has 31 heavy (non-hydrogen) atoms. The van der Waals surface area contributed by atoms with Crippen LogP contribution in [0.25, 0.3) is 11.1 Å². The molecule has 1 aliphatic heterocycles. The van der Waals surface area contributed by atoms with E-state index in [9.17, 15) is 22.0 Å². The molecule has 0 fully saturated rings. The van der Waals surface area contributed by atoms with Gasteiger partial charge in [0.15, 0.2) is 6.61 Å². The molecule has 160 valence electrons. The average Bonchev–Trinajstić information content (AvgIpc) is 3.22. The van der Waals surface area contributed by atoms with Crippen LogP contribution in [-0.2, 0) is 0 Å². The first-order valence-electron chi connectivity index (χ1n) is 9.57. The van der Waals surface area contributed by atoms with Gasteiger partial charge in [-0.05, 0) is 42.2 Å². The van der Waals surface area contributed by atoms with Crippen molar-refractivity contribution in [2.75, 3.05) is 6.61 Å². The van der Waals surface area contributed by atoms with Crippen LogP contribution in [0, 0.1) is 11.6 Å². The molecule has 8 heteroatoms. The van der Waals surface area contributed by atoms with Gasteiger partial charge >= 0.3 is 6.18 Å². The van der Waals surface area contributed by atoms with E-state index in [4.69, 9.17) is 0 Å². The standard InChI is InChI=1S/C23H17F5N2O/c24-17-2-1-3-18(25)22(17)20-10-9-19(30-20)15-6-4-14(5-7-15)16-8-11-21(29-12-16)31-13-23(26,27)28/h1-8,11-12,19H,9-10,13H2/t19-/m1/s1. The summed E-state index contributed by atoms with van der Waals surface area (Å²) in [4.78, 5) is 8.42. The zero-order chi connectivity index (χ0) is 22.0. The molecule has 0 unspecified atom stereocenters. The van der Waals surface area contributed by atoms with E-state index in [0.29, 0.717) is 18.6 Å². The van der Waals surface area contributed by atoms with Crippen molar-refractivity contribution in [3.63, 3.8) is 0 Å². The summed E-state index contributed by atoms with van der Waals surface area (Å²) in [5.74, 6) is -1.35. The summed E-state index contributed by atoms with van der Waals surface area (Å²) < 4.78 is 69.3. The second kappa shape index (κ2) is 8.45. The first kappa shape index (κ1) is 21.0. The van der Waals surface area contributed by atoms with E-state index in [2.05, 4.69) is 14.7 Å². The summed E-state index contributed by atoms with van der Waals surface area (Å²) >= 11 is 0. The van der Waals surface area contributed by atoms with E-state index in [0.717, 1.165) is 16.7 Å². The molecule has 3 aromatic rings. The molecular formula is C23H17F5N2O. The van der Waals surface area contributed by atoms with Crippen LogP contribution in [-0.4, -0.2) is 23.5 Å². The Morgan fingerprint density at radius 1 is 0.903 bits per heavy atom. The fourth-order valence-electron chi connectivity index (χ4n) is 3.48. The van der Waals surface area contributed by atoms with Crippen LogP contribution >= 0.6 is 0 Å². The van der Waals surface area contributed by atoms with Crippen LogP contribution in [0.1, 0.15) is 30.0 Å². The van der Waals surface area contributed by atoms with Crippen LogP contribution in [0.15, 0.2) is 65.8 Å². The van der Waals surface area contributed by atoms with Crippen molar-refractivity contribution in [2.45, 2.75) is 25.1 Å². The molecule has 4 rings (SSSR count). The third kappa shape index (κ3) is 4.90. The van der Waals surface area contributed by atoms with Crippen molar-refractivity contribution >= 4 is 5.71 Å². The minimum absolute atomic E-state index is 0.0690. The van der Waals surface area contributed by atoms with Gasteiger partial charge < -0.3 is 4.74 Å². The molecule has 2 aromatic carbocycles. The van der Waals surface area contributed by atoms with Crippen molar-refractivity contribution in [2.24, 2.45) is 4.99 Å². The van der Waals surface area contributed by atoms with Crippen molar-refractivity contribution in [1.29, 1.82) is 0 Å². The summed E-state index contributed by atoms with van der Waals surface area (Å²) in [6, 6.07) is 14.0. The SMILES string of the molecule is Fc1cccc(F)c1C1=N[C@@H](c2ccc(-c3ccc(OCC(F)(F)F)nc3)cc2)CC1. The fraction of sp³-hybridized carbons (Fsp3) is 0.217. The average molecular weight is 432 g/mol. The van der Waals surface area contributed by atoms with Crippen molar-refractivity contribution in [3.05, 3.63) is 83.6 Å². The van der Waals surface area contributed by atoms with Crippen molar-refractivity contribution in [3.8, 4) is 17.0 Å². The number of pyridine rings is 1. The lowest BCUT2D eigenvalue weighted by Crippen LogP contribution is -2.19. The number of halogens is 5. The highest BCUT2D eigenvalue weighted by Crippen LogP contribution is 2.33. The molecule has 1 aromatic heterocycles. The third-order valence-electron chi connectivity index (χ3n) is 4.97. The summed E-state index contributed by atoms with van der Waals surface area (Å²) in [6.07, 6.45) is -1.85. The quantitative estimate of drug-likeness (QED) is 0.444. The van der Waals surface area contributed by atoms with Gasteiger partial charge in [-0.1, -0.05) is 30.3 Å². The highest BCUT2D eigenvalue weighted by molar-refractivity contribution is 6.02. The molecule has 0 radical (unpaired) electrons. The van der Waals surface area contributed by atoms with E-state index in [1.165, 1.54) is 30.5 Å². The predicted octanol–water partition coefficient (Wildman–Crippen LogP) is 6.29. The number of nitrogens with zero attached hydrogens (tertiary/aromatic N) is 2. The Balaban J connectivity index is 1.47. The van der Waals surface area contributed by atoms with E-state index in [1.807, 2.05) is 24.3 Å². The van der Waals surface area contributed by atoms with Crippen LogP contribution in [0.4, 0.5) is 22.0 Å². The van der Waals surface area contributed by atoms with Crippen LogP contribution in [0.2, 0.25) is 0 Å². The first-order valence-corrected chi connectivity index (χ1v) is 9.57. The number of ether oxygens (including phenoxy) is 1. The monoisotopic (exact) mass is 432 g/mol. The Morgan fingerprint density at radius 3 is 2.19 bits per heavy atom. The summed E-state index contributed by atoms with van der Waals surface area (Å²) in [5, 5.41) is 0. The minimum atomic E-state index is -4.42. The maximum Gasteiger partial charge on any atom is 0.422 e. The Bertz CT molecular complexity index is 1070. The molecular weight excluding hydrogens is 415 g/mol. The molecule has 0 spiro atoms. The van der Waals surface area contributed by atoms with E-state index in [1.54, 1.807) is 6.07 Å². The number of hydrogen-bond acceptors (Lipinski definition) is 3. The number of alkyl halides is 3. The Hall–Kier alpha value is -3.29. The van der Waals surface area contributed by atoms with Gasteiger partial charge in [0.05, 0.1) is 11.6 Å². The Kier molecular flexibility index (Phi) is 5.71. The molecule has 1 atom stereocenters. The number of hydrogen-bond donors (Lipinski definition) is 0. The lowest BCUT2D eigenvalue weighted by atomic mass is 10.00. The highest BCUT2D eigenvalue weighted by atomic mass is 19.4. The Labute approximate surface area is 175 Å². The zero-order valence-corrected chi connectivity index (χ0v) is 16.2. The molecule has 0 bridgehead atoms. The van der Waals surface area contributed by atoms with Crippen molar-refractivity contribution < 1.29 is 26.7 Å². The largest absolute Gasteiger partial charge is 0.468 e. The first-order chi connectivity index (χ1) is 14.8. The molecule has 0 saturated carbocycles. The summed E-state index contributed by atoms with van der Waals surface area (Å²) in [5.41, 5.74) is 2.80. The van der Waals surface area contributed by atoms with Crippen molar-refractivity contribution in [1.82, 2.24) is 4.98 Å². The molecule has 0 amide bonds. The van der Waals surface area contributed by atoms with E-state index >= 15 is 0 Å². The minimum Gasteiger partial charge on any atom is -0.468 e. The summed E-state index contributed by atoms with van der Waals surface area (Å²) in [7, 11) is 0. The number of aliphatic imine (C=N–C) groups is 1. The van der Waals surface area contributed by atoms with Gasteiger partial charge in [0.2, 0.25) is 5.88 Å². The van der Waals surface area contributed by atoms with Crippen LogP contribution in [0.5, 0.6) is 5.88 Å². The second-order valence-corrected chi connectivity index (χ2v) is 7.14. The van der Waals surface area contributed by atoms with Gasteiger partial charge in [0, 0.05) is 23.5 Å². The van der Waals surface area contributed by atoms with Gasteiger partial charge in [-0.2, -0.15) is 13.2 Å². The lowest BCUT2D eigenvalue weighted by molar-refractivity contribution is -0.154. The van der Waals surface area contributed by atoms with Gasteiger partial charge in [-0.3, -0.25) is 4.99 Å². The maximum atomic E-state index is 14.0. The second-order valence-electron chi connectivity index (χ2n) is 7.14. The van der Waals surface area contributed by atoms with E-state index in [-0.39, 0.29) is 17.5 Å². The lowest BCUT2D eigenvalue weighted by Gasteiger charge is -2.10. The normalized spacial score (nSPS) is 16.3. The van der Waals surface area contributed by atoms with Gasteiger partial charge in [0.25, 0.3) is 0 Å². The van der Waals surface area contributed by atoms with Gasteiger partial charge in [-0.15, -0.1) is 0 Å². The molecule has 0 aliphatic carbocycles. The van der Waals surface area contributed by atoms with E-state index < -0.39 is 24.4 Å². The number of benzene rings is 2. The molecule has 3 nitrogen and oxygen atoms in total. The molecule has 2 heterocycles. The van der Waals surface area contributed by atoms with Crippen LogP contribution < -0.4 is 4.74 Å². The summed E-state index contributed by atoms with van der Waals surface area (Å²) in [6.45, 7) is -1.39. The molecule has 0 saturated heterocycles.